The van der Waals surface area contributed by atoms with Crippen molar-refractivity contribution < 1.29 is 9.53 Å². The number of rotatable bonds is 2. The van der Waals surface area contributed by atoms with Crippen molar-refractivity contribution in [2.45, 2.75) is 12.3 Å². The number of benzene rings is 1. The summed E-state index contributed by atoms with van der Waals surface area (Å²) in [6.45, 7) is 0. The molecule has 1 atom stereocenters. The number of ether oxygens (including phenoxy) is 1. The minimum atomic E-state index is -0.308. The van der Waals surface area contributed by atoms with Crippen LogP contribution in [0.15, 0.2) is 35.3 Å². The molecule has 0 aliphatic carbocycles. The Morgan fingerprint density at radius 3 is 2.88 bits per heavy atom. The van der Waals surface area contributed by atoms with E-state index in [1.807, 2.05) is 18.2 Å². The maximum Gasteiger partial charge on any atom is 0.252 e. The number of methoxy groups -OCH3 is 1. The second kappa shape index (κ2) is 5.23. The zero-order valence-corrected chi connectivity index (χ0v) is 13.3. The SMILES string of the molecule is COc1ccc2cc([C@H]3CC(=O)Nc4c3cnn4C)c(=O)[nH]c2c1. The number of anilines is 1. The Morgan fingerprint density at radius 1 is 1.25 bits per heavy atom. The number of H-pyrrole nitrogens is 1. The van der Waals surface area contributed by atoms with Crippen LogP contribution < -0.4 is 15.6 Å². The van der Waals surface area contributed by atoms with Gasteiger partial charge < -0.3 is 15.0 Å². The number of nitrogens with zero attached hydrogens (tertiary/aromatic N) is 2. The van der Waals surface area contributed by atoms with Gasteiger partial charge in [-0.15, -0.1) is 0 Å². The largest absolute Gasteiger partial charge is 0.497 e. The number of aromatic amines is 1. The van der Waals surface area contributed by atoms with E-state index >= 15 is 0 Å². The third-order valence-electron chi connectivity index (χ3n) is 4.45. The van der Waals surface area contributed by atoms with Gasteiger partial charge in [0.15, 0.2) is 0 Å². The predicted molar refractivity (Wildman–Crippen MR) is 89.4 cm³/mol. The Labute approximate surface area is 137 Å². The Balaban J connectivity index is 1.89. The third-order valence-corrected chi connectivity index (χ3v) is 4.45. The lowest BCUT2D eigenvalue weighted by molar-refractivity contribution is -0.116. The van der Waals surface area contributed by atoms with E-state index in [0.717, 1.165) is 10.9 Å². The second-order valence-electron chi connectivity index (χ2n) is 5.88. The number of aryl methyl sites for hydroxylation is 1. The summed E-state index contributed by atoms with van der Waals surface area (Å²) >= 11 is 0. The van der Waals surface area contributed by atoms with Gasteiger partial charge in [0, 0.05) is 36.6 Å². The highest BCUT2D eigenvalue weighted by atomic mass is 16.5. The number of amides is 1. The van der Waals surface area contributed by atoms with Crippen molar-refractivity contribution in [2.24, 2.45) is 7.05 Å². The van der Waals surface area contributed by atoms with E-state index in [1.54, 1.807) is 31.1 Å². The molecular formula is C17H16N4O3. The molecule has 0 unspecified atom stereocenters. The van der Waals surface area contributed by atoms with E-state index in [4.69, 9.17) is 4.74 Å². The van der Waals surface area contributed by atoms with Crippen LogP contribution >= 0.6 is 0 Å². The first kappa shape index (κ1) is 14.5. The summed E-state index contributed by atoms with van der Waals surface area (Å²) in [5, 5.41) is 7.90. The smallest absolute Gasteiger partial charge is 0.252 e. The summed E-state index contributed by atoms with van der Waals surface area (Å²) < 4.78 is 6.80. The molecule has 0 bridgehead atoms. The molecule has 0 radical (unpaired) electrons. The fraction of sp³-hybridized carbons (Fsp3) is 0.235. The van der Waals surface area contributed by atoms with Gasteiger partial charge in [0.25, 0.3) is 5.56 Å². The zero-order chi connectivity index (χ0) is 16.8. The van der Waals surface area contributed by atoms with Crippen molar-refractivity contribution in [3.05, 3.63) is 51.9 Å². The van der Waals surface area contributed by atoms with Gasteiger partial charge in [-0.3, -0.25) is 14.3 Å². The third kappa shape index (κ3) is 2.17. The normalized spacial score (nSPS) is 16.8. The number of carbonyl (C=O) groups excluding carboxylic acids is 1. The molecule has 1 aromatic carbocycles. The number of pyridine rings is 1. The monoisotopic (exact) mass is 324 g/mol. The lowest BCUT2D eigenvalue weighted by Crippen LogP contribution is -2.27. The van der Waals surface area contributed by atoms with Crippen LogP contribution in [0.1, 0.15) is 23.5 Å². The van der Waals surface area contributed by atoms with Crippen LogP contribution in [0.2, 0.25) is 0 Å². The first-order valence-corrected chi connectivity index (χ1v) is 7.59. The molecule has 0 saturated carbocycles. The van der Waals surface area contributed by atoms with Gasteiger partial charge in [-0.1, -0.05) is 0 Å². The highest BCUT2D eigenvalue weighted by Crippen LogP contribution is 2.36. The van der Waals surface area contributed by atoms with Gasteiger partial charge >= 0.3 is 0 Å². The second-order valence-corrected chi connectivity index (χ2v) is 5.88. The highest BCUT2D eigenvalue weighted by molar-refractivity contribution is 5.94. The van der Waals surface area contributed by atoms with Gasteiger partial charge in [0.05, 0.1) is 18.8 Å². The fourth-order valence-corrected chi connectivity index (χ4v) is 3.20. The Kier molecular flexibility index (Phi) is 3.16. The number of fused-ring (bicyclic) bond motifs is 2. The van der Waals surface area contributed by atoms with E-state index < -0.39 is 0 Å². The first-order chi connectivity index (χ1) is 11.6. The highest BCUT2D eigenvalue weighted by Gasteiger charge is 2.31. The van der Waals surface area contributed by atoms with Crippen LogP contribution in [-0.4, -0.2) is 27.8 Å². The molecule has 2 aromatic heterocycles. The van der Waals surface area contributed by atoms with Crippen LogP contribution in [0.5, 0.6) is 5.75 Å². The summed E-state index contributed by atoms with van der Waals surface area (Å²) in [6.07, 6.45) is 1.93. The summed E-state index contributed by atoms with van der Waals surface area (Å²) in [7, 11) is 3.34. The molecule has 1 amide bonds. The molecule has 0 spiro atoms. The van der Waals surface area contributed by atoms with E-state index in [2.05, 4.69) is 15.4 Å². The molecule has 122 valence electrons. The van der Waals surface area contributed by atoms with E-state index in [0.29, 0.717) is 22.6 Å². The molecular weight excluding hydrogens is 308 g/mol. The van der Waals surface area contributed by atoms with Crippen LogP contribution in [-0.2, 0) is 11.8 Å². The van der Waals surface area contributed by atoms with E-state index in [1.165, 1.54) is 0 Å². The quantitative estimate of drug-likeness (QED) is 0.751. The maximum absolute atomic E-state index is 12.6. The number of hydrogen-bond acceptors (Lipinski definition) is 4. The molecule has 0 saturated heterocycles. The number of aromatic nitrogens is 3. The van der Waals surface area contributed by atoms with Crippen LogP contribution in [0.4, 0.5) is 5.82 Å². The summed E-state index contributed by atoms with van der Waals surface area (Å²) in [5.41, 5.74) is 1.92. The van der Waals surface area contributed by atoms with Crippen molar-refractivity contribution in [3.8, 4) is 5.75 Å². The lowest BCUT2D eigenvalue weighted by Gasteiger charge is -2.22. The van der Waals surface area contributed by atoms with Crippen LogP contribution in [0, 0.1) is 0 Å². The van der Waals surface area contributed by atoms with E-state index in [-0.39, 0.29) is 23.8 Å². The van der Waals surface area contributed by atoms with Gasteiger partial charge in [0.2, 0.25) is 5.91 Å². The summed E-state index contributed by atoms with van der Waals surface area (Å²) in [5.74, 6) is 0.894. The van der Waals surface area contributed by atoms with Gasteiger partial charge in [-0.05, 0) is 23.6 Å². The van der Waals surface area contributed by atoms with Crippen molar-refractivity contribution in [2.75, 3.05) is 12.4 Å². The molecule has 0 fully saturated rings. The Hall–Kier alpha value is -3.09. The molecule has 7 nitrogen and oxygen atoms in total. The Morgan fingerprint density at radius 2 is 2.08 bits per heavy atom. The van der Waals surface area contributed by atoms with Gasteiger partial charge in [-0.2, -0.15) is 5.10 Å². The van der Waals surface area contributed by atoms with Crippen molar-refractivity contribution in [1.82, 2.24) is 14.8 Å². The lowest BCUT2D eigenvalue weighted by atomic mass is 9.87. The average molecular weight is 324 g/mol. The molecule has 24 heavy (non-hydrogen) atoms. The molecule has 3 heterocycles. The summed E-state index contributed by atoms with van der Waals surface area (Å²) in [4.78, 5) is 27.5. The van der Waals surface area contributed by atoms with E-state index in [9.17, 15) is 9.59 Å². The summed E-state index contributed by atoms with van der Waals surface area (Å²) in [6, 6.07) is 7.35. The standard InChI is InChI=1S/C17H16N4O3/c1-21-16-13(8-18-21)11(7-15(22)20-16)12-5-9-3-4-10(24-2)6-14(9)19-17(12)23/h3-6,8,11H,7H2,1-2H3,(H,19,23)(H,20,22)/t11-/m1/s1. The number of nitrogens with one attached hydrogen (secondary N) is 2. The molecule has 3 aromatic rings. The fourth-order valence-electron chi connectivity index (χ4n) is 3.20. The molecule has 1 aliphatic heterocycles. The number of carbonyl (C=O) groups is 1. The molecule has 2 N–H and O–H groups in total. The topological polar surface area (TPSA) is 89.0 Å². The zero-order valence-electron chi connectivity index (χ0n) is 13.3. The van der Waals surface area contributed by atoms with Crippen molar-refractivity contribution in [1.29, 1.82) is 0 Å². The Bertz CT molecular complexity index is 1020. The molecule has 7 heteroatoms. The molecule has 1 aliphatic rings. The average Bonchev–Trinajstić information content (AvgIpc) is 2.94. The van der Waals surface area contributed by atoms with Crippen LogP contribution in [0.25, 0.3) is 10.9 Å². The van der Waals surface area contributed by atoms with Gasteiger partial charge in [-0.25, -0.2) is 0 Å². The predicted octanol–water partition coefficient (Wildman–Crippen LogP) is 1.74. The first-order valence-electron chi connectivity index (χ1n) is 7.59. The van der Waals surface area contributed by atoms with Crippen molar-refractivity contribution >= 4 is 22.6 Å². The van der Waals surface area contributed by atoms with Gasteiger partial charge in [0.1, 0.15) is 11.6 Å². The number of hydrogen-bond donors (Lipinski definition) is 2. The minimum Gasteiger partial charge on any atom is -0.497 e. The van der Waals surface area contributed by atoms with Crippen LogP contribution in [0.3, 0.4) is 0 Å². The van der Waals surface area contributed by atoms with Crippen molar-refractivity contribution in [3.63, 3.8) is 0 Å². The minimum absolute atomic E-state index is 0.120. The molecule has 4 rings (SSSR count). The maximum atomic E-state index is 12.6.